The van der Waals surface area contributed by atoms with Crippen molar-refractivity contribution in [3.8, 4) is 0 Å². The second-order valence-electron chi connectivity index (χ2n) is 4.37. The predicted octanol–water partition coefficient (Wildman–Crippen LogP) is -0.534. The highest BCUT2D eigenvalue weighted by atomic mass is 16.6. The zero-order valence-corrected chi connectivity index (χ0v) is 10.1. The quantitative estimate of drug-likeness (QED) is 0.674. The molecule has 0 aromatic rings. The normalized spacial score (nSPS) is 39.1. The number of fused-ring (bicyclic) bond motifs is 2. The molecular weight excluding hydrogens is 226 g/mol. The third-order valence-corrected chi connectivity index (χ3v) is 3.39. The molecule has 6 nitrogen and oxygen atoms in total. The van der Waals surface area contributed by atoms with Gasteiger partial charge < -0.3 is 19.5 Å². The van der Waals surface area contributed by atoms with Gasteiger partial charge in [-0.15, -0.1) is 0 Å². The molecule has 2 saturated heterocycles. The second-order valence-corrected chi connectivity index (χ2v) is 4.37. The number of carbonyl (C=O) groups is 2. The lowest BCUT2D eigenvalue weighted by molar-refractivity contribution is -0.155. The van der Waals surface area contributed by atoms with Gasteiger partial charge in [0, 0.05) is 21.1 Å². The molecule has 0 aliphatic carbocycles. The Hall–Kier alpha value is -1.14. The molecule has 0 radical (unpaired) electrons. The molecule has 2 aliphatic rings. The Bertz CT molecular complexity index is 332. The van der Waals surface area contributed by atoms with Crippen molar-refractivity contribution in [2.24, 2.45) is 5.92 Å². The van der Waals surface area contributed by atoms with E-state index >= 15 is 0 Å². The van der Waals surface area contributed by atoms with Crippen molar-refractivity contribution in [1.29, 1.82) is 0 Å². The Kier molecular flexibility index (Phi) is 3.35. The van der Waals surface area contributed by atoms with Crippen LogP contribution in [0.3, 0.4) is 0 Å². The second kappa shape index (κ2) is 4.62. The van der Waals surface area contributed by atoms with Crippen LogP contribution in [0.2, 0.25) is 0 Å². The average molecular weight is 243 g/mol. The van der Waals surface area contributed by atoms with E-state index in [2.05, 4.69) is 5.32 Å². The van der Waals surface area contributed by atoms with Crippen LogP contribution >= 0.6 is 0 Å². The van der Waals surface area contributed by atoms with E-state index in [4.69, 9.17) is 14.2 Å². The van der Waals surface area contributed by atoms with E-state index in [1.165, 1.54) is 14.0 Å². The molecule has 5 atom stereocenters. The molecule has 1 amide bonds. The number of esters is 1. The van der Waals surface area contributed by atoms with Crippen LogP contribution in [0.15, 0.2) is 0 Å². The Morgan fingerprint density at radius 3 is 2.59 bits per heavy atom. The third-order valence-electron chi connectivity index (χ3n) is 3.39. The van der Waals surface area contributed by atoms with Crippen LogP contribution in [-0.2, 0) is 23.8 Å². The number of hydrogen-bond donors (Lipinski definition) is 1. The summed E-state index contributed by atoms with van der Waals surface area (Å²) in [7, 11) is 3.13. The van der Waals surface area contributed by atoms with Crippen molar-refractivity contribution < 1.29 is 23.8 Å². The standard InChI is InChI=1S/C11H17NO5/c1-5(13)16-9-7-4-6(11(14)12-2)8(17-7)10(9)15-3/h6-10H,4H2,1-3H3,(H,12,14)/t6?,7?,8-,9?,10+/m0/s1. The van der Waals surface area contributed by atoms with E-state index in [0.717, 1.165) is 0 Å². The topological polar surface area (TPSA) is 73.9 Å². The zero-order valence-electron chi connectivity index (χ0n) is 10.1. The van der Waals surface area contributed by atoms with Gasteiger partial charge in [-0.3, -0.25) is 9.59 Å². The summed E-state index contributed by atoms with van der Waals surface area (Å²) in [6.07, 6.45) is -0.754. The highest BCUT2D eigenvalue weighted by Crippen LogP contribution is 2.42. The number of ether oxygens (including phenoxy) is 3. The maximum atomic E-state index is 11.6. The number of amides is 1. The van der Waals surface area contributed by atoms with Gasteiger partial charge in [-0.1, -0.05) is 0 Å². The molecule has 17 heavy (non-hydrogen) atoms. The van der Waals surface area contributed by atoms with Gasteiger partial charge in [0.15, 0.2) is 6.10 Å². The fraction of sp³-hybridized carbons (Fsp3) is 0.818. The molecular formula is C11H17NO5. The van der Waals surface area contributed by atoms with Gasteiger partial charge in [-0.25, -0.2) is 0 Å². The van der Waals surface area contributed by atoms with E-state index in [-0.39, 0.29) is 36.1 Å². The lowest BCUT2D eigenvalue weighted by Crippen LogP contribution is -2.48. The molecule has 0 aromatic carbocycles. The van der Waals surface area contributed by atoms with E-state index in [1.807, 2.05) is 0 Å². The molecule has 0 saturated carbocycles. The van der Waals surface area contributed by atoms with Crippen molar-refractivity contribution in [2.45, 2.75) is 37.8 Å². The molecule has 2 heterocycles. The summed E-state index contributed by atoms with van der Waals surface area (Å²) in [5, 5.41) is 2.61. The Morgan fingerprint density at radius 1 is 1.35 bits per heavy atom. The van der Waals surface area contributed by atoms with Gasteiger partial charge in [0.25, 0.3) is 0 Å². The predicted molar refractivity (Wildman–Crippen MR) is 57.2 cm³/mol. The van der Waals surface area contributed by atoms with Crippen LogP contribution in [-0.4, -0.2) is 50.4 Å². The van der Waals surface area contributed by atoms with Crippen molar-refractivity contribution >= 4 is 11.9 Å². The maximum Gasteiger partial charge on any atom is 0.303 e. The zero-order chi connectivity index (χ0) is 12.6. The number of nitrogens with one attached hydrogen (secondary N) is 1. The number of rotatable bonds is 3. The molecule has 2 rings (SSSR count). The molecule has 2 aliphatic heterocycles. The number of carbonyl (C=O) groups excluding carboxylic acids is 2. The minimum absolute atomic E-state index is 0.0548. The summed E-state index contributed by atoms with van der Waals surface area (Å²) >= 11 is 0. The van der Waals surface area contributed by atoms with Gasteiger partial charge in [-0.2, -0.15) is 0 Å². The molecule has 2 fully saturated rings. The van der Waals surface area contributed by atoms with E-state index in [1.54, 1.807) is 7.05 Å². The van der Waals surface area contributed by atoms with Gasteiger partial charge in [0.1, 0.15) is 6.10 Å². The van der Waals surface area contributed by atoms with Crippen LogP contribution < -0.4 is 5.32 Å². The monoisotopic (exact) mass is 243 g/mol. The highest BCUT2D eigenvalue weighted by Gasteiger charge is 2.58. The Morgan fingerprint density at radius 2 is 2.06 bits per heavy atom. The maximum absolute atomic E-state index is 11.6. The summed E-state index contributed by atoms with van der Waals surface area (Å²) in [5.41, 5.74) is 0. The SMILES string of the molecule is CNC(=O)C1CC2O[C@@H]1[C@@H](OC)C2OC(C)=O. The Balaban J connectivity index is 2.10. The summed E-state index contributed by atoms with van der Waals surface area (Å²) < 4.78 is 16.2. The first-order valence-electron chi connectivity index (χ1n) is 5.65. The summed E-state index contributed by atoms with van der Waals surface area (Å²) in [6.45, 7) is 1.36. The molecule has 1 N–H and O–H groups in total. The van der Waals surface area contributed by atoms with E-state index in [0.29, 0.717) is 6.42 Å². The van der Waals surface area contributed by atoms with E-state index in [9.17, 15) is 9.59 Å². The van der Waals surface area contributed by atoms with Crippen molar-refractivity contribution in [3.05, 3.63) is 0 Å². The van der Waals surface area contributed by atoms with E-state index < -0.39 is 6.10 Å². The summed E-state index contributed by atoms with van der Waals surface area (Å²) in [5.74, 6) is -0.632. The minimum Gasteiger partial charge on any atom is -0.457 e. The van der Waals surface area contributed by atoms with Gasteiger partial charge >= 0.3 is 5.97 Å². The first-order chi connectivity index (χ1) is 8.08. The van der Waals surface area contributed by atoms with Crippen molar-refractivity contribution in [3.63, 3.8) is 0 Å². The van der Waals surface area contributed by atoms with Crippen molar-refractivity contribution in [1.82, 2.24) is 5.32 Å². The average Bonchev–Trinajstić information content (AvgIpc) is 2.84. The molecule has 2 bridgehead atoms. The summed E-state index contributed by atoms with van der Waals surface area (Å²) in [4.78, 5) is 22.6. The fourth-order valence-electron chi connectivity index (χ4n) is 2.70. The Labute approximate surface area is 99.6 Å². The van der Waals surface area contributed by atoms with Gasteiger partial charge in [-0.05, 0) is 6.42 Å². The number of methoxy groups -OCH3 is 1. The van der Waals surface area contributed by atoms with Crippen molar-refractivity contribution in [2.75, 3.05) is 14.2 Å². The van der Waals surface area contributed by atoms with Crippen LogP contribution in [0.5, 0.6) is 0 Å². The fourth-order valence-corrected chi connectivity index (χ4v) is 2.70. The lowest BCUT2D eigenvalue weighted by atomic mass is 9.84. The highest BCUT2D eigenvalue weighted by molar-refractivity contribution is 5.79. The first-order valence-corrected chi connectivity index (χ1v) is 5.65. The minimum atomic E-state index is -0.400. The molecule has 96 valence electrons. The number of hydrogen-bond acceptors (Lipinski definition) is 5. The molecule has 0 aromatic heterocycles. The lowest BCUT2D eigenvalue weighted by Gasteiger charge is -2.30. The van der Waals surface area contributed by atoms with Gasteiger partial charge in [0.2, 0.25) is 5.91 Å². The third kappa shape index (κ3) is 2.02. The van der Waals surface area contributed by atoms with Crippen LogP contribution in [0.1, 0.15) is 13.3 Å². The smallest absolute Gasteiger partial charge is 0.303 e. The first kappa shape index (κ1) is 12.3. The molecule has 0 spiro atoms. The summed E-state index contributed by atoms with van der Waals surface area (Å²) in [6, 6.07) is 0. The van der Waals surface area contributed by atoms with Crippen LogP contribution in [0, 0.1) is 5.92 Å². The van der Waals surface area contributed by atoms with Gasteiger partial charge in [0.05, 0.1) is 18.1 Å². The van der Waals surface area contributed by atoms with Crippen LogP contribution in [0.25, 0.3) is 0 Å². The van der Waals surface area contributed by atoms with Crippen LogP contribution in [0.4, 0.5) is 0 Å². The largest absolute Gasteiger partial charge is 0.457 e. The molecule has 6 heteroatoms. The molecule has 3 unspecified atom stereocenters.